The molecule has 2 aromatic carbocycles. The number of fused-ring (bicyclic) bond motifs is 1. The number of nitrogens with one attached hydrogen (secondary N) is 1. The van der Waals surface area contributed by atoms with Crippen LogP contribution in [0, 0.1) is 0 Å². The van der Waals surface area contributed by atoms with Gasteiger partial charge in [0.15, 0.2) is 5.78 Å². The van der Waals surface area contributed by atoms with Crippen molar-refractivity contribution in [2.24, 2.45) is 0 Å². The average molecular weight is 456 g/mol. The maximum Gasteiger partial charge on any atom is 0.163 e. The standard InChI is InChI=1S/C27H25N3O2S/c31-23-10-6-9-20-21(23)12-13-24(22(20)18-33-27-11-4-5-14-30-27)32-25(17-26-28-15-16-29-26)19-7-2-1-3-8-19/h1-5,7-8,11-16,25H,6,9-10,17-18H2,(H,28,29)/t25-/m0/s1. The van der Waals surface area contributed by atoms with Crippen molar-refractivity contribution >= 4 is 17.5 Å². The predicted octanol–water partition coefficient (Wildman–Crippen LogP) is 5.98. The van der Waals surface area contributed by atoms with Crippen LogP contribution < -0.4 is 4.74 Å². The highest BCUT2D eigenvalue weighted by Gasteiger charge is 2.25. The summed E-state index contributed by atoms with van der Waals surface area (Å²) in [5, 5.41) is 0.957. The Morgan fingerprint density at radius 2 is 1.85 bits per heavy atom. The minimum Gasteiger partial charge on any atom is -0.485 e. The molecule has 0 aliphatic heterocycles. The number of rotatable bonds is 8. The number of aromatic amines is 1. The van der Waals surface area contributed by atoms with Gasteiger partial charge in [-0.25, -0.2) is 9.97 Å². The van der Waals surface area contributed by atoms with Gasteiger partial charge in [0.2, 0.25) is 0 Å². The third-order valence-electron chi connectivity index (χ3n) is 5.90. The van der Waals surface area contributed by atoms with E-state index in [0.717, 1.165) is 51.7 Å². The zero-order chi connectivity index (χ0) is 22.5. The van der Waals surface area contributed by atoms with Crippen LogP contribution in [0.2, 0.25) is 0 Å². The van der Waals surface area contributed by atoms with Crippen LogP contribution in [0.3, 0.4) is 0 Å². The summed E-state index contributed by atoms with van der Waals surface area (Å²) in [7, 11) is 0. The van der Waals surface area contributed by atoms with Crippen LogP contribution in [0.5, 0.6) is 5.75 Å². The summed E-state index contributed by atoms with van der Waals surface area (Å²) in [6, 6.07) is 20.0. The van der Waals surface area contributed by atoms with E-state index in [1.54, 1.807) is 24.2 Å². The molecule has 33 heavy (non-hydrogen) atoms. The first kappa shape index (κ1) is 21.5. The van der Waals surface area contributed by atoms with Gasteiger partial charge in [0.05, 0.1) is 5.03 Å². The Bertz CT molecular complexity index is 1210. The van der Waals surface area contributed by atoms with E-state index in [1.807, 2.05) is 54.7 Å². The molecule has 4 aromatic rings. The molecule has 1 atom stereocenters. The number of H-pyrrole nitrogens is 1. The lowest BCUT2D eigenvalue weighted by molar-refractivity contribution is 0.0972. The number of hydrogen-bond donors (Lipinski definition) is 1. The van der Waals surface area contributed by atoms with Crippen molar-refractivity contribution < 1.29 is 9.53 Å². The van der Waals surface area contributed by atoms with Crippen LogP contribution in [-0.2, 0) is 18.6 Å². The molecule has 0 saturated carbocycles. The van der Waals surface area contributed by atoms with Gasteiger partial charge in [-0.2, -0.15) is 0 Å². The average Bonchev–Trinajstić information content (AvgIpc) is 3.37. The van der Waals surface area contributed by atoms with Gasteiger partial charge >= 0.3 is 0 Å². The number of imidazole rings is 1. The summed E-state index contributed by atoms with van der Waals surface area (Å²) >= 11 is 1.67. The molecule has 1 aliphatic rings. The molecule has 2 heterocycles. The van der Waals surface area contributed by atoms with Crippen LogP contribution >= 0.6 is 11.8 Å². The van der Waals surface area contributed by atoms with Gasteiger partial charge in [-0.3, -0.25) is 4.79 Å². The van der Waals surface area contributed by atoms with E-state index in [1.165, 1.54) is 0 Å². The Morgan fingerprint density at radius 3 is 2.64 bits per heavy atom. The number of nitrogens with zero attached hydrogens (tertiary/aromatic N) is 2. The van der Waals surface area contributed by atoms with E-state index in [2.05, 4.69) is 27.1 Å². The molecule has 0 bridgehead atoms. The summed E-state index contributed by atoms with van der Waals surface area (Å²) in [6.07, 6.45) is 8.21. The number of ketones is 1. The number of pyridine rings is 1. The molecular weight excluding hydrogens is 430 g/mol. The Balaban J connectivity index is 1.50. The predicted molar refractivity (Wildman–Crippen MR) is 130 cm³/mol. The number of thioether (sulfide) groups is 1. The van der Waals surface area contributed by atoms with Crippen LogP contribution in [0.4, 0.5) is 0 Å². The molecule has 0 spiro atoms. The van der Waals surface area contributed by atoms with E-state index >= 15 is 0 Å². The van der Waals surface area contributed by atoms with Crippen molar-refractivity contribution in [3.05, 3.63) is 107 Å². The van der Waals surface area contributed by atoms with E-state index in [4.69, 9.17) is 4.74 Å². The number of benzene rings is 2. The Labute approximate surface area is 197 Å². The number of aromatic nitrogens is 3. The van der Waals surface area contributed by atoms with Gasteiger partial charge in [0.25, 0.3) is 0 Å². The van der Waals surface area contributed by atoms with Crippen molar-refractivity contribution in [2.75, 3.05) is 0 Å². The molecule has 0 fully saturated rings. The minimum atomic E-state index is -0.201. The van der Waals surface area contributed by atoms with Crippen LogP contribution in [0.15, 0.2) is 84.3 Å². The molecule has 1 aliphatic carbocycles. The molecule has 1 N–H and O–H groups in total. The fourth-order valence-electron chi connectivity index (χ4n) is 4.26. The number of carbonyl (C=O) groups is 1. The molecule has 0 radical (unpaired) electrons. The molecule has 5 nitrogen and oxygen atoms in total. The molecule has 5 rings (SSSR count). The van der Waals surface area contributed by atoms with Gasteiger partial charge in [0.1, 0.15) is 17.7 Å². The van der Waals surface area contributed by atoms with Gasteiger partial charge in [-0.05, 0) is 48.2 Å². The van der Waals surface area contributed by atoms with Crippen molar-refractivity contribution in [3.8, 4) is 5.75 Å². The first-order chi connectivity index (χ1) is 16.3. The number of carbonyl (C=O) groups excluding carboxylic acids is 1. The molecule has 166 valence electrons. The lowest BCUT2D eigenvalue weighted by Gasteiger charge is -2.25. The largest absolute Gasteiger partial charge is 0.485 e. The number of ether oxygens (including phenoxy) is 1. The lowest BCUT2D eigenvalue weighted by atomic mass is 9.87. The van der Waals surface area contributed by atoms with Crippen LogP contribution in [0.25, 0.3) is 0 Å². The van der Waals surface area contributed by atoms with E-state index in [9.17, 15) is 4.79 Å². The monoisotopic (exact) mass is 455 g/mol. The van der Waals surface area contributed by atoms with Crippen molar-refractivity contribution in [1.82, 2.24) is 15.0 Å². The Kier molecular flexibility index (Phi) is 6.53. The maximum atomic E-state index is 12.6. The summed E-state index contributed by atoms with van der Waals surface area (Å²) < 4.78 is 6.69. The third kappa shape index (κ3) is 5.01. The Morgan fingerprint density at radius 1 is 0.970 bits per heavy atom. The first-order valence-electron chi connectivity index (χ1n) is 11.2. The van der Waals surface area contributed by atoms with Crippen molar-refractivity contribution in [2.45, 2.75) is 42.6 Å². The number of Topliss-reactive ketones (excluding diaryl/α,β-unsaturated/α-hetero) is 1. The second-order valence-corrected chi connectivity index (χ2v) is 9.05. The quantitative estimate of drug-likeness (QED) is 0.331. The van der Waals surface area contributed by atoms with E-state index in [-0.39, 0.29) is 11.9 Å². The number of hydrogen-bond acceptors (Lipinski definition) is 5. The highest BCUT2D eigenvalue weighted by molar-refractivity contribution is 7.98. The highest BCUT2D eigenvalue weighted by atomic mass is 32.2. The molecule has 0 amide bonds. The second kappa shape index (κ2) is 10.0. The van der Waals surface area contributed by atoms with E-state index in [0.29, 0.717) is 18.6 Å². The molecular formula is C27H25N3O2S. The highest BCUT2D eigenvalue weighted by Crippen LogP contribution is 2.37. The summed E-state index contributed by atoms with van der Waals surface area (Å²) in [4.78, 5) is 24.7. The minimum absolute atomic E-state index is 0.201. The summed E-state index contributed by atoms with van der Waals surface area (Å²) in [6.45, 7) is 0. The van der Waals surface area contributed by atoms with Crippen molar-refractivity contribution in [1.29, 1.82) is 0 Å². The maximum absolute atomic E-state index is 12.6. The van der Waals surface area contributed by atoms with E-state index < -0.39 is 0 Å². The topological polar surface area (TPSA) is 67.9 Å². The first-order valence-corrected chi connectivity index (χ1v) is 12.2. The molecule has 0 unspecified atom stereocenters. The zero-order valence-corrected chi connectivity index (χ0v) is 19.1. The molecule has 0 saturated heterocycles. The normalized spacial score (nSPS) is 14.0. The smallest absolute Gasteiger partial charge is 0.163 e. The summed E-state index contributed by atoms with van der Waals surface area (Å²) in [5.41, 5.74) is 4.15. The van der Waals surface area contributed by atoms with Gasteiger partial charge in [-0.1, -0.05) is 36.4 Å². The Hall–Kier alpha value is -3.38. The molecule has 6 heteroatoms. The van der Waals surface area contributed by atoms with Crippen molar-refractivity contribution in [3.63, 3.8) is 0 Å². The zero-order valence-electron chi connectivity index (χ0n) is 18.2. The fourth-order valence-corrected chi connectivity index (χ4v) is 5.18. The summed E-state index contributed by atoms with van der Waals surface area (Å²) in [5.74, 6) is 2.63. The van der Waals surface area contributed by atoms with Gasteiger partial charge in [-0.15, -0.1) is 11.8 Å². The van der Waals surface area contributed by atoms with Crippen LogP contribution in [0.1, 0.15) is 51.8 Å². The second-order valence-electron chi connectivity index (χ2n) is 8.06. The van der Waals surface area contributed by atoms with Gasteiger partial charge in [0, 0.05) is 48.3 Å². The van der Waals surface area contributed by atoms with Crippen LogP contribution in [-0.4, -0.2) is 20.7 Å². The van der Waals surface area contributed by atoms with Gasteiger partial charge < -0.3 is 9.72 Å². The third-order valence-corrected chi connectivity index (χ3v) is 6.87. The lowest BCUT2D eigenvalue weighted by Crippen LogP contribution is -2.17. The fraction of sp³-hybridized carbons (Fsp3) is 0.222. The SMILES string of the molecule is O=C1CCCc2c1ccc(O[C@@H](Cc1ncc[nH]1)c1ccccc1)c2CSc1ccccn1. The molecule has 2 aromatic heterocycles.